The molecule has 294 valence electrons. The monoisotopic (exact) mass is 735 g/mol. The summed E-state index contributed by atoms with van der Waals surface area (Å²) >= 11 is 0. The van der Waals surface area contributed by atoms with Gasteiger partial charge in [-0.3, -0.25) is 14.4 Å². The second-order valence-corrected chi connectivity index (χ2v) is 15.5. The Morgan fingerprint density at radius 1 is 0.943 bits per heavy atom. The summed E-state index contributed by atoms with van der Waals surface area (Å²) in [5.74, 6) is 0.678. The number of nitrogens with zero attached hydrogens (tertiary/aromatic N) is 2. The van der Waals surface area contributed by atoms with Gasteiger partial charge in [0.25, 0.3) is 5.91 Å². The molecular weight excluding hydrogens is 670 g/mol. The van der Waals surface area contributed by atoms with Gasteiger partial charge in [-0.05, 0) is 102 Å². The third-order valence-corrected chi connectivity index (χ3v) is 10.7. The predicted octanol–water partition coefficient (Wildman–Crippen LogP) is 7.10. The van der Waals surface area contributed by atoms with Gasteiger partial charge in [0, 0.05) is 50.7 Å². The smallest absolute Gasteiger partial charge is 0.258 e. The maximum atomic E-state index is 14.5. The molecule has 1 heterocycles. The first-order chi connectivity index (χ1) is 25.5. The maximum absolute atomic E-state index is 14.5. The first-order valence-electron chi connectivity index (χ1n) is 20.0. The number of aliphatic hydroxyl groups is 1. The number of likely N-dealkylation sites (N-methyl/N-ethyl adjacent to an activating group) is 1. The molecule has 4 atom stereocenters. The van der Waals surface area contributed by atoms with E-state index in [0.29, 0.717) is 67.2 Å². The molecule has 0 bridgehead atoms. The molecule has 0 saturated heterocycles. The number of fused-ring (bicyclic) bond motifs is 1. The van der Waals surface area contributed by atoms with Gasteiger partial charge in [0.05, 0.1) is 41.8 Å². The van der Waals surface area contributed by atoms with Crippen LogP contribution in [-0.2, 0) is 14.3 Å². The molecule has 1 aliphatic heterocycles. The maximum Gasteiger partial charge on any atom is 0.258 e. The number of carbonyl (C=O) groups excluding carboxylic acids is 3. The first kappa shape index (κ1) is 42.1. The van der Waals surface area contributed by atoms with E-state index >= 15 is 0 Å². The van der Waals surface area contributed by atoms with E-state index in [-0.39, 0.29) is 48.9 Å². The van der Waals surface area contributed by atoms with Crippen molar-refractivity contribution in [2.45, 2.75) is 122 Å². The van der Waals surface area contributed by atoms with Crippen LogP contribution in [0.4, 0.5) is 17.1 Å². The van der Waals surface area contributed by atoms with Crippen molar-refractivity contribution in [2.24, 2.45) is 11.8 Å². The fourth-order valence-corrected chi connectivity index (χ4v) is 7.45. The fraction of sp³-hybridized carbons (Fsp3) is 0.643. The quantitative estimate of drug-likeness (QED) is 0.119. The summed E-state index contributed by atoms with van der Waals surface area (Å²) in [6.07, 6.45) is 11.6. The number of aliphatic hydroxyl groups excluding tert-OH is 1. The van der Waals surface area contributed by atoms with Gasteiger partial charge in [-0.1, -0.05) is 44.7 Å². The number of hydrogen-bond acceptors (Lipinski definition) is 8. The lowest BCUT2D eigenvalue weighted by Crippen LogP contribution is -2.47. The summed E-state index contributed by atoms with van der Waals surface area (Å²) in [4.78, 5) is 43.9. The van der Waals surface area contributed by atoms with E-state index in [9.17, 15) is 19.5 Å². The molecule has 5 N–H and O–H groups in total. The Bertz CT molecular complexity index is 1450. The summed E-state index contributed by atoms with van der Waals surface area (Å²) in [6, 6.07) is 11.9. The van der Waals surface area contributed by atoms with Crippen LogP contribution in [0.25, 0.3) is 0 Å². The molecule has 1 saturated carbocycles. The van der Waals surface area contributed by atoms with E-state index < -0.39 is 6.04 Å². The van der Waals surface area contributed by atoms with Gasteiger partial charge in [-0.2, -0.15) is 0 Å². The minimum atomic E-state index is -0.436. The van der Waals surface area contributed by atoms with Crippen molar-refractivity contribution >= 4 is 34.8 Å². The Balaban J connectivity index is 1.40. The van der Waals surface area contributed by atoms with Gasteiger partial charge >= 0.3 is 0 Å². The normalized spacial score (nSPS) is 21.3. The number of hydrogen-bond donors (Lipinski definition) is 4. The van der Waals surface area contributed by atoms with Crippen molar-refractivity contribution in [3.63, 3.8) is 0 Å². The third kappa shape index (κ3) is 13.9. The van der Waals surface area contributed by atoms with Crippen LogP contribution >= 0.6 is 0 Å². The van der Waals surface area contributed by atoms with Crippen LogP contribution < -0.4 is 21.1 Å². The van der Waals surface area contributed by atoms with Gasteiger partial charge in [0.1, 0.15) is 5.75 Å². The lowest BCUT2D eigenvalue weighted by Gasteiger charge is -2.36. The molecule has 3 amide bonds. The summed E-state index contributed by atoms with van der Waals surface area (Å²) in [5, 5.41) is 16.1. The Kier molecular flexibility index (Phi) is 17.4. The number of nitrogens with one attached hydrogen (secondary N) is 2. The zero-order valence-corrected chi connectivity index (χ0v) is 32.6. The molecule has 2 aromatic rings. The number of amides is 3. The largest absolute Gasteiger partial charge is 0.490 e. The standard InChI is InChI=1S/C42H65N5O6/c1-30-26-47(31(2)29-48)42(51)35-25-34(44-40(49)20-9-6-10-21-41(50)45-37-19-12-11-18-36(37)43)22-23-38(35)53-32(3)15-13-14-24-52-39(30)28-46(4)27-33-16-7-5-8-17-33/h11-12,18-19,22-23,25,30-33,39,48H,5-10,13-17,20-21,24,26-29,43H2,1-4H3,(H,44,49)(H,45,50)/t30-,31+,32-,39+/m0/s1. The number of anilines is 3. The van der Waals surface area contributed by atoms with Crippen LogP contribution in [-0.4, -0.2) is 90.8 Å². The average Bonchev–Trinajstić information content (AvgIpc) is 3.14. The molecule has 0 spiro atoms. The molecule has 0 radical (unpaired) electrons. The summed E-state index contributed by atoms with van der Waals surface area (Å²) in [7, 11) is 2.18. The summed E-state index contributed by atoms with van der Waals surface area (Å²) < 4.78 is 12.9. The molecule has 53 heavy (non-hydrogen) atoms. The minimum Gasteiger partial charge on any atom is -0.490 e. The van der Waals surface area contributed by atoms with Gasteiger partial charge in [0.15, 0.2) is 0 Å². The molecular formula is C42H65N5O6. The van der Waals surface area contributed by atoms with Crippen molar-refractivity contribution in [1.29, 1.82) is 0 Å². The van der Waals surface area contributed by atoms with Crippen molar-refractivity contribution < 1.29 is 29.0 Å². The third-order valence-electron chi connectivity index (χ3n) is 10.7. The highest BCUT2D eigenvalue weighted by Crippen LogP contribution is 2.29. The van der Waals surface area contributed by atoms with Gasteiger partial charge in [0.2, 0.25) is 11.8 Å². The van der Waals surface area contributed by atoms with E-state index in [1.807, 2.05) is 26.0 Å². The number of unbranched alkanes of at least 4 members (excludes halogenated alkanes) is 2. The lowest BCUT2D eigenvalue weighted by atomic mass is 9.89. The number of nitrogens with two attached hydrogens (primary N) is 1. The molecule has 11 nitrogen and oxygen atoms in total. The van der Waals surface area contributed by atoms with E-state index in [4.69, 9.17) is 15.2 Å². The van der Waals surface area contributed by atoms with E-state index in [1.54, 1.807) is 35.2 Å². The number of carbonyl (C=O) groups is 3. The topological polar surface area (TPSA) is 146 Å². The number of nitrogen functional groups attached to an aromatic ring is 1. The molecule has 11 heteroatoms. The lowest BCUT2D eigenvalue weighted by molar-refractivity contribution is -0.116. The Morgan fingerprint density at radius 2 is 1.64 bits per heavy atom. The summed E-state index contributed by atoms with van der Waals surface area (Å²) in [6.45, 7) is 8.72. The Morgan fingerprint density at radius 3 is 2.36 bits per heavy atom. The fourth-order valence-electron chi connectivity index (χ4n) is 7.45. The number of rotatable bonds is 14. The molecule has 1 aliphatic carbocycles. The number of para-hydroxylation sites is 2. The highest BCUT2D eigenvalue weighted by atomic mass is 16.5. The predicted molar refractivity (Wildman–Crippen MR) is 212 cm³/mol. The minimum absolute atomic E-state index is 0.0124. The van der Waals surface area contributed by atoms with Crippen LogP contribution in [0.1, 0.15) is 115 Å². The van der Waals surface area contributed by atoms with Gasteiger partial charge in [-0.15, -0.1) is 0 Å². The van der Waals surface area contributed by atoms with Crippen molar-refractivity contribution in [3.8, 4) is 5.75 Å². The molecule has 0 aromatic heterocycles. The SMILES string of the molecule is C[C@H](CO)N1C[C@H](C)[C@@H](CN(C)CC2CCCCC2)OCCCC[C@H](C)Oc2ccc(NC(=O)CCCCCC(=O)Nc3ccccc3N)cc2C1=O. The van der Waals surface area contributed by atoms with Crippen LogP contribution in [0, 0.1) is 11.8 Å². The molecule has 2 aliphatic rings. The second-order valence-electron chi connectivity index (χ2n) is 15.5. The van der Waals surface area contributed by atoms with E-state index in [1.165, 1.54) is 32.1 Å². The van der Waals surface area contributed by atoms with Crippen LogP contribution in [0.5, 0.6) is 5.75 Å². The number of benzene rings is 2. The highest BCUT2D eigenvalue weighted by Gasteiger charge is 2.31. The highest BCUT2D eigenvalue weighted by molar-refractivity contribution is 6.00. The van der Waals surface area contributed by atoms with Crippen LogP contribution in [0.15, 0.2) is 42.5 Å². The van der Waals surface area contributed by atoms with Crippen LogP contribution in [0.3, 0.4) is 0 Å². The molecule has 4 rings (SSSR count). The zero-order valence-electron chi connectivity index (χ0n) is 32.6. The molecule has 1 fully saturated rings. The van der Waals surface area contributed by atoms with E-state index in [2.05, 4.69) is 29.5 Å². The summed E-state index contributed by atoms with van der Waals surface area (Å²) in [5.41, 5.74) is 7.90. The van der Waals surface area contributed by atoms with E-state index in [0.717, 1.165) is 38.3 Å². The van der Waals surface area contributed by atoms with Gasteiger partial charge in [-0.25, -0.2) is 0 Å². The Labute approximate surface area is 317 Å². The molecule has 0 unspecified atom stereocenters. The Hall–Kier alpha value is -3.67. The average molecular weight is 736 g/mol. The van der Waals surface area contributed by atoms with Crippen molar-refractivity contribution in [3.05, 3.63) is 48.0 Å². The molecule has 2 aromatic carbocycles. The zero-order chi connectivity index (χ0) is 38.2. The van der Waals surface area contributed by atoms with Crippen molar-refractivity contribution in [1.82, 2.24) is 9.80 Å². The van der Waals surface area contributed by atoms with Gasteiger partial charge < -0.3 is 40.7 Å². The van der Waals surface area contributed by atoms with Crippen molar-refractivity contribution in [2.75, 3.05) is 56.3 Å². The second kappa shape index (κ2) is 21.9. The first-order valence-corrected chi connectivity index (χ1v) is 20.0. The van der Waals surface area contributed by atoms with Crippen LogP contribution in [0.2, 0.25) is 0 Å². The number of ether oxygens (including phenoxy) is 2.